The molecule has 7 heteroatoms. The first-order chi connectivity index (χ1) is 10.8. The summed E-state index contributed by atoms with van der Waals surface area (Å²) in [7, 11) is 0. The van der Waals surface area contributed by atoms with Gasteiger partial charge in [-0.05, 0) is 40.5 Å². The Morgan fingerprint density at radius 3 is 2.70 bits per heavy atom. The molecule has 1 atom stereocenters. The maximum absolute atomic E-state index is 12.2. The summed E-state index contributed by atoms with van der Waals surface area (Å²) in [5, 5.41) is 2.89. The number of likely N-dealkylation sites (tertiary alicyclic amines) is 1. The molecule has 1 aliphatic rings. The van der Waals surface area contributed by atoms with Crippen LogP contribution in [0, 0.1) is 6.92 Å². The van der Waals surface area contributed by atoms with Crippen LogP contribution in [0.3, 0.4) is 0 Å². The van der Waals surface area contributed by atoms with Gasteiger partial charge in [-0.2, -0.15) is 0 Å². The van der Waals surface area contributed by atoms with Crippen molar-refractivity contribution >= 4 is 12.0 Å². The number of carbonyl (C=O) groups excluding carboxylic acids is 2. The molecule has 1 aromatic rings. The molecule has 0 aliphatic carbocycles. The van der Waals surface area contributed by atoms with Crippen molar-refractivity contribution in [2.75, 3.05) is 13.1 Å². The smallest absolute Gasteiger partial charge is 0.410 e. The third kappa shape index (κ3) is 4.71. The summed E-state index contributed by atoms with van der Waals surface area (Å²) in [4.78, 5) is 29.8. The lowest BCUT2D eigenvalue weighted by molar-refractivity contribution is -0.130. The zero-order valence-corrected chi connectivity index (χ0v) is 14.3. The van der Waals surface area contributed by atoms with E-state index in [9.17, 15) is 9.59 Å². The number of amides is 2. The highest BCUT2D eigenvalue weighted by atomic mass is 16.6. The number of hydrogen-bond donors (Lipinski definition) is 1. The molecule has 1 fully saturated rings. The van der Waals surface area contributed by atoms with Crippen LogP contribution >= 0.6 is 0 Å². The fourth-order valence-corrected chi connectivity index (χ4v) is 2.42. The first-order valence-electron chi connectivity index (χ1n) is 8.03. The molecule has 0 bridgehead atoms. The molecule has 2 amide bonds. The Balaban J connectivity index is 1.71. The molecule has 1 aliphatic heterocycles. The Kier molecular flexibility index (Phi) is 5.28. The van der Waals surface area contributed by atoms with Crippen LogP contribution in [-0.2, 0) is 16.1 Å². The highest BCUT2D eigenvalue weighted by Crippen LogP contribution is 2.21. The van der Waals surface area contributed by atoms with Gasteiger partial charge in [0.15, 0.2) is 0 Å². The molecule has 0 saturated carbocycles. The lowest BCUT2D eigenvalue weighted by Crippen LogP contribution is -2.59. The quantitative estimate of drug-likeness (QED) is 0.837. The number of aryl methyl sites for hydroxylation is 2. The van der Waals surface area contributed by atoms with Crippen molar-refractivity contribution < 1.29 is 14.3 Å². The van der Waals surface area contributed by atoms with Gasteiger partial charge in [-0.3, -0.25) is 9.69 Å². The van der Waals surface area contributed by atoms with E-state index in [1.54, 1.807) is 6.20 Å². The molecule has 1 N–H and O–H groups in total. The summed E-state index contributed by atoms with van der Waals surface area (Å²) in [6.45, 7) is 9.36. The van der Waals surface area contributed by atoms with E-state index < -0.39 is 17.7 Å². The minimum absolute atomic E-state index is 0.107. The maximum atomic E-state index is 12.2. The minimum Gasteiger partial charge on any atom is -0.444 e. The van der Waals surface area contributed by atoms with Crippen molar-refractivity contribution in [1.82, 2.24) is 19.8 Å². The van der Waals surface area contributed by atoms with Gasteiger partial charge in [0.05, 0.1) is 0 Å². The lowest BCUT2D eigenvalue weighted by atomic mass is 10.0. The van der Waals surface area contributed by atoms with E-state index in [1.807, 2.05) is 38.5 Å². The second kappa shape index (κ2) is 7.02. The van der Waals surface area contributed by atoms with Gasteiger partial charge < -0.3 is 14.6 Å². The summed E-state index contributed by atoms with van der Waals surface area (Å²) in [5.74, 6) is 0.857. The van der Waals surface area contributed by atoms with Gasteiger partial charge >= 0.3 is 6.09 Å². The van der Waals surface area contributed by atoms with Crippen molar-refractivity contribution in [2.24, 2.45) is 0 Å². The second-order valence-corrected chi connectivity index (χ2v) is 6.79. The van der Waals surface area contributed by atoms with E-state index in [2.05, 4.69) is 10.3 Å². The van der Waals surface area contributed by atoms with E-state index in [0.717, 1.165) is 18.8 Å². The maximum Gasteiger partial charge on any atom is 0.410 e. The van der Waals surface area contributed by atoms with Crippen LogP contribution in [0.15, 0.2) is 12.4 Å². The van der Waals surface area contributed by atoms with Crippen molar-refractivity contribution in [3.63, 3.8) is 0 Å². The summed E-state index contributed by atoms with van der Waals surface area (Å²) in [6.07, 6.45) is 4.78. The zero-order chi connectivity index (χ0) is 17.0. The van der Waals surface area contributed by atoms with Crippen LogP contribution in [0.25, 0.3) is 0 Å². The Labute approximate surface area is 137 Å². The number of nitrogens with zero attached hydrogens (tertiary/aromatic N) is 3. The van der Waals surface area contributed by atoms with Crippen LogP contribution < -0.4 is 5.32 Å². The molecule has 0 radical (unpaired) electrons. The predicted octanol–water partition coefficient (Wildman–Crippen LogP) is 1.71. The normalized spacial score (nSPS) is 17.6. The van der Waals surface area contributed by atoms with Crippen LogP contribution in [0.2, 0.25) is 0 Å². The summed E-state index contributed by atoms with van der Waals surface area (Å²) < 4.78 is 7.35. The average molecular weight is 322 g/mol. The average Bonchev–Trinajstić information content (AvgIpc) is 2.76. The molecular weight excluding hydrogens is 296 g/mol. The molecule has 0 unspecified atom stereocenters. The van der Waals surface area contributed by atoms with Gasteiger partial charge in [0.1, 0.15) is 17.5 Å². The number of hydrogen-bond acceptors (Lipinski definition) is 4. The van der Waals surface area contributed by atoms with Crippen LogP contribution in [0.4, 0.5) is 4.79 Å². The molecule has 1 aromatic heterocycles. The molecule has 7 nitrogen and oxygen atoms in total. The Morgan fingerprint density at radius 1 is 1.43 bits per heavy atom. The number of ether oxygens (including phenoxy) is 1. The van der Waals surface area contributed by atoms with Gasteiger partial charge in [-0.1, -0.05) is 0 Å². The molecule has 23 heavy (non-hydrogen) atoms. The molecule has 2 heterocycles. The predicted molar refractivity (Wildman–Crippen MR) is 85.9 cm³/mol. The van der Waals surface area contributed by atoms with Gasteiger partial charge in [0.2, 0.25) is 5.91 Å². The summed E-state index contributed by atoms with van der Waals surface area (Å²) >= 11 is 0. The SMILES string of the molecule is Cc1nccn1CCCNC(=O)[C@H]1CCN1C(=O)OC(C)(C)C. The molecule has 128 valence electrons. The van der Waals surface area contributed by atoms with E-state index in [4.69, 9.17) is 4.74 Å². The van der Waals surface area contributed by atoms with Gasteiger partial charge in [0.25, 0.3) is 0 Å². The first-order valence-corrected chi connectivity index (χ1v) is 8.03. The van der Waals surface area contributed by atoms with Gasteiger partial charge in [-0.25, -0.2) is 9.78 Å². The number of aromatic nitrogens is 2. The fourth-order valence-electron chi connectivity index (χ4n) is 2.42. The van der Waals surface area contributed by atoms with E-state index in [0.29, 0.717) is 19.5 Å². The monoisotopic (exact) mass is 322 g/mol. The molecule has 2 rings (SSSR count). The Hall–Kier alpha value is -2.05. The second-order valence-electron chi connectivity index (χ2n) is 6.79. The van der Waals surface area contributed by atoms with Gasteiger partial charge in [0, 0.05) is 32.0 Å². The summed E-state index contributed by atoms with van der Waals surface area (Å²) in [5.41, 5.74) is -0.545. The number of carbonyl (C=O) groups is 2. The number of nitrogens with one attached hydrogen (secondary N) is 1. The fraction of sp³-hybridized carbons (Fsp3) is 0.688. The van der Waals surface area contributed by atoms with Crippen LogP contribution in [0.1, 0.15) is 39.4 Å². The molecule has 0 spiro atoms. The third-order valence-electron chi connectivity index (χ3n) is 3.75. The molecular formula is C16H26N4O3. The van der Waals surface area contributed by atoms with Crippen LogP contribution in [-0.4, -0.2) is 51.2 Å². The number of rotatable bonds is 5. The van der Waals surface area contributed by atoms with Crippen LogP contribution in [0.5, 0.6) is 0 Å². The zero-order valence-electron chi connectivity index (χ0n) is 14.3. The molecule has 0 aromatic carbocycles. The highest BCUT2D eigenvalue weighted by Gasteiger charge is 2.39. The summed E-state index contributed by atoms with van der Waals surface area (Å²) in [6, 6.07) is -0.403. The largest absolute Gasteiger partial charge is 0.444 e. The first kappa shape index (κ1) is 17.3. The van der Waals surface area contributed by atoms with Crippen molar-refractivity contribution in [2.45, 2.75) is 58.7 Å². The number of imidazole rings is 1. The van der Waals surface area contributed by atoms with E-state index in [1.165, 1.54) is 4.90 Å². The highest BCUT2D eigenvalue weighted by molar-refractivity contribution is 5.87. The molecule has 1 saturated heterocycles. The van der Waals surface area contributed by atoms with Crippen molar-refractivity contribution in [3.8, 4) is 0 Å². The third-order valence-corrected chi connectivity index (χ3v) is 3.75. The Bertz CT molecular complexity index is 562. The van der Waals surface area contributed by atoms with Crippen molar-refractivity contribution in [1.29, 1.82) is 0 Å². The lowest BCUT2D eigenvalue weighted by Gasteiger charge is -2.40. The standard InChI is InChI=1S/C16H26N4O3/c1-12-17-8-11-19(12)9-5-7-18-14(21)13-6-10-20(13)15(22)23-16(2,3)4/h8,11,13H,5-7,9-10H2,1-4H3,(H,18,21)/t13-/m1/s1. The van der Waals surface area contributed by atoms with E-state index in [-0.39, 0.29) is 5.91 Å². The Morgan fingerprint density at radius 2 is 2.17 bits per heavy atom. The topological polar surface area (TPSA) is 76.5 Å². The van der Waals surface area contributed by atoms with Gasteiger partial charge in [-0.15, -0.1) is 0 Å². The van der Waals surface area contributed by atoms with E-state index >= 15 is 0 Å². The minimum atomic E-state index is -0.545. The van der Waals surface area contributed by atoms with Crippen molar-refractivity contribution in [3.05, 3.63) is 18.2 Å².